The lowest BCUT2D eigenvalue weighted by molar-refractivity contribution is -0.0379. The second-order valence-electron chi connectivity index (χ2n) is 7.90. The third-order valence-electron chi connectivity index (χ3n) is 5.26. The van der Waals surface area contributed by atoms with Gasteiger partial charge in [0.25, 0.3) is 5.56 Å². The average Bonchev–Trinajstić information content (AvgIpc) is 3.04. The summed E-state index contributed by atoms with van der Waals surface area (Å²) in [5.74, 6) is -0.397. The zero-order valence-electron chi connectivity index (χ0n) is 16.4. The van der Waals surface area contributed by atoms with Gasteiger partial charge in [-0.25, -0.2) is 9.18 Å². The summed E-state index contributed by atoms with van der Waals surface area (Å²) >= 11 is 1.37. The molecule has 0 bridgehead atoms. The summed E-state index contributed by atoms with van der Waals surface area (Å²) in [6, 6.07) is 6.31. The van der Waals surface area contributed by atoms with Crippen molar-refractivity contribution in [3.63, 3.8) is 0 Å². The summed E-state index contributed by atoms with van der Waals surface area (Å²) in [5.41, 5.74) is 0.0458. The van der Waals surface area contributed by atoms with Crippen LogP contribution in [0.15, 0.2) is 33.9 Å². The van der Waals surface area contributed by atoms with Crippen LogP contribution in [-0.2, 0) is 30.9 Å². The molecule has 0 spiro atoms. The predicted molar refractivity (Wildman–Crippen MR) is 110 cm³/mol. The van der Waals surface area contributed by atoms with E-state index in [0.29, 0.717) is 35.2 Å². The van der Waals surface area contributed by atoms with Crippen molar-refractivity contribution in [2.45, 2.75) is 52.0 Å². The topological polar surface area (TPSA) is 73.5 Å². The van der Waals surface area contributed by atoms with Gasteiger partial charge in [0.15, 0.2) is 0 Å². The summed E-state index contributed by atoms with van der Waals surface area (Å²) in [4.78, 5) is 27.9. The summed E-state index contributed by atoms with van der Waals surface area (Å²) in [7, 11) is 0. The van der Waals surface area contributed by atoms with Gasteiger partial charge < -0.3 is 9.84 Å². The number of rotatable bonds is 5. The van der Waals surface area contributed by atoms with Crippen LogP contribution in [0.1, 0.15) is 36.3 Å². The molecule has 0 saturated heterocycles. The van der Waals surface area contributed by atoms with Gasteiger partial charge in [-0.15, -0.1) is 11.3 Å². The summed E-state index contributed by atoms with van der Waals surface area (Å²) in [6.07, 6.45) is 0.858. The average molecular weight is 418 g/mol. The third kappa shape index (κ3) is 3.56. The van der Waals surface area contributed by atoms with Crippen LogP contribution in [-0.4, -0.2) is 26.4 Å². The minimum atomic E-state index is -0.488. The number of hydrogen-bond donors (Lipinski definition) is 1. The van der Waals surface area contributed by atoms with Crippen LogP contribution >= 0.6 is 11.3 Å². The van der Waals surface area contributed by atoms with Gasteiger partial charge in [0, 0.05) is 30.0 Å². The molecule has 1 N–H and O–H groups in total. The molecule has 0 unspecified atom stereocenters. The lowest BCUT2D eigenvalue weighted by Gasteiger charge is -2.29. The maximum absolute atomic E-state index is 14.3. The largest absolute Gasteiger partial charge is 0.396 e. The fourth-order valence-electron chi connectivity index (χ4n) is 3.77. The first-order chi connectivity index (χ1) is 13.8. The molecule has 0 aliphatic carbocycles. The fourth-order valence-corrected chi connectivity index (χ4v) is 4.98. The van der Waals surface area contributed by atoms with Crippen LogP contribution in [0, 0.1) is 5.82 Å². The van der Waals surface area contributed by atoms with Crippen molar-refractivity contribution < 1.29 is 14.2 Å². The lowest BCUT2D eigenvalue weighted by atomic mass is 9.94. The van der Waals surface area contributed by atoms with E-state index >= 15 is 0 Å². The number of aromatic nitrogens is 2. The van der Waals surface area contributed by atoms with Gasteiger partial charge in [0.2, 0.25) is 0 Å². The van der Waals surface area contributed by atoms with Gasteiger partial charge in [0.05, 0.1) is 24.1 Å². The van der Waals surface area contributed by atoms with Crippen LogP contribution in [0.2, 0.25) is 0 Å². The van der Waals surface area contributed by atoms with E-state index in [9.17, 15) is 19.1 Å². The first-order valence-electron chi connectivity index (χ1n) is 9.58. The number of aliphatic hydroxyl groups excluding tert-OH is 1. The molecule has 0 atom stereocenters. The Morgan fingerprint density at radius 2 is 2.00 bits per heavy atom. The van der Waals surface area contributed by atoms with Crippen LogP contribution < -0.4 is 11.2 Å². The molecule has 6 nitrogen and oxygen atoms in total. The number of halogens is 1. The summed E-state index contributed by atoms with van der Waals surface area (Å²) in [5, 5.41) is 9.71. The molecule has 154 valence electrons. The number of nitrogens with zero attached hydrogens (tertiary/aromatic N) is 2. The Kier molecular flexibility index (Phi) is 5.18. The Morgan fingerprint density at radius 1 is 1.24 bits per heavy atom. The highest BCUT2D eigenvalue weighted by atomic mass is 32.1. The molecule has 0 saturated carbocycles. The van der Waals surface area contributed by atoms with E-state index in [1.165, 1.54) is 22.0 Å². The molecule has 2 aromatic heterocycles. The Bertz CT molecular complexity index is 1190. The Hall–Kier alpha value is -2.29. The molecule has 0 amide bonds. The van der Waals surface area contributed by atoms with Crippen molar-refractivity contribution >= 4 is 21.6 Å². The third-order valence-corrected chi connectivity index (χ3v) is 6.49. The lowest BCUT2D eigenvalue weighted by Crippen LogP contribution is -2.40. The maximum atomic E-state index is 14.3. The van der Waals surface area contributed by atoms with Crippen LogP contribution in [0.25, 0.3) is 10.2 Å². The molecule has 1 aromatic carbocycles. The minimum Gasteiger partial charge on any atom is -0.396 e. The molecule has 1 aliphatic heterocycles. The van der Waals surface area contributed by atoms with Gasteiger partial charge in [-0.05, 0) is 31.9 Å². The number of aliphatic hydroxyl groups is 1. The smallest absolute Gasteiger partial charge is 0.332 e. The molecular formula is C21H23FN2O4S. The molecule has 1 aliphatic rings. The molecular weight excluding hydrogens is 395 g/mol. The highest BCUT2D eigenvalue weighted by Gasteiger charge is 2.32. The van der Waals surface area contributed by atoms with Crippen molar-refractivity contribution in [1.82, 2.24) is 9.13 Å². The molecule has 4 rings (SSSR count). The molecule has 8 heteroatoms. The second-order valence-corrected chi connectivity index (χ2v) is 8.99. The first-order valence-corrected chi connectivity index (χ1v) is 10.4. The highest BCUT2D eigenvalue weighted by Crippen LogP contribution is 2.37. The van der Waals surface area contributed by atoms with E-state index in [1.807, 2.05) is 13.8 Å². The van der Waals surface area contributed by atoms with Crippen molar-refractivity contribution in [1.29, 1.82) is 0 Å². The number of benzene rings is 1. The first kappa shape index (κ1) is 20.0. The van der Waals surface area contributed by atoms with Gasteiger partial charge >= 0.3 is 5.69 Å². The van der Waals surface area contributed by atoms with E-state index < -0.39 is 17.1 Å². The van der Waals surface area contributed by atoms with Gasteiger partial charge in [0.1, 0.15) is 10.6 Å². The molecule has 0 radical (unpaired) electrons. The highest BCUT2D eigenvalue weighted by molar-refractivity contribution is 7.18. The van der Waals surface area contributed by atoms with E-state index in [-0.39, 0.29) is 25.3 Å². The Balaban J connectivity index is 1.99. The number of ether oxygens (including phenoxy) is 1. The SMILES string of the molecule is CC1(C)Cc2c(sc3c2c(=O)n(CCCO)c(=O)n3Cc2ccccc2F)CO1. The van der Waals surface area contributed by atoms with Gasteiger partial charge in [-0.3, -0.25) is 13.9 Å². The summed E-state index contributed by atoms with van der Waals surface area (Å²) < 4.78 is 22.8. The normalized spacial score (nSPS) is 15.6. The van der Waals surface area contributed by atoms with Crippen molar-refractivity contribution in [3.8, 4) is 0 Å². The quantitative estimate of drug-likeness (QED) is 0.691. The van der Waals surface area contributed by atoms with Crippen LogP contribution in [0.4, 0.5) is 4.39 Å². The van der Waals surface area contributed by atoms with E-state index in [4.69, 9.17) is 4.74 Å². The minimum absolute atomic E-state index is 0.0328. The molecule has 3 heterocycles. The van der Waals surface area contributed by atoms with E-state index in [1.54, 1.807) is 18.2 Å². The number of hydrogen-bond acceptors (Lipinski definition) is 5. The van der Waals surface area contributed by atoms with Crippen LogP contribution in [0.3, 0.4) is 0 Å². The number of thiophene rings is 1. The predicted octanol–water partition coefficient (Wildman–Crippen LogP) is 2.65. The fraction of sp³-hybridized carbons (Fsp3) is 0.429. The van der Waals surface area contributed by atoms with E-state index in [0.717, 1.165) is 15.0 Å². The zero-order chi connectivity index (χ0) is 20.8. The van der Waals surface area contributed by atoms with Crippen molar-refractivity contribution in [2.24, 2.45) is 0 Å². The standard InChI is InChI=1S/C21H23FN2O4S/c1-21(2)10-14-16(12-28-21)29-19-17(14)18(26)23(8-5-9-25)20(27)24(19)11-13-6-3-4-7-15(13)22/h3-4,6-7,25H,5,8-12H2,1-2H3. The molecule has 29 heavy (non-hydrogen) atoms. The van der Waals surface area contributed by atoms with Crippen molar-refractivity contribution in [2.75, 3.05) is 6.61 Å². The van der Waals surface area contributed by atoms with Gasteiger partial charge in [-0.1, -0.05) is 18.2 Å². The monoisotopic (exact) mass is 418 g/mol. The Labute approximate surface area is 170 Å². The molecule has 3 aromatic rings. The Morgan fingerprint density at radius 3 is 2.72 bits per heavy atom. The zero-order valence-corrected chi connectivity index (χ0v) is 17.2. The maximum Gasteiger partial charge on any atom is 0.332 e. The van der Waals surface area contributed by atoms with E-state index in [2.05, 4.69) is 0 Å². The van der Waals surface area contributed by atoms with Crippen LogP contribution in [0.5, 0.6) is 0 Å². The molecule has 0 fully saturated rings. The number of fused-ring (bicyclic) bond motifs is 3. The van der Waals surface area contributed by atoms with Gasteiger partial charge in [-0.2, -0.15) is 0 Å². The summed E-state index contributed by atoms with van der Waals surface area (Å²) in [6.45, 7) is 4.35. The van der Waals surface area contributed by atoms with Crippen molar-refractivity contribution in [3.05, 3.63) is 66.9 Å². The second kappa shape index (κ2) is 7.51.